The molecule has 23 heavy (non-hydrogen) atoms. The van der Waals surface area contributed by atoms with Gasteiger partial charge in [0.25, 0.3) is 5.91 Å². The van der Waals surface area contributed by atoms with Crippen LogP contribution in [0.3, 0.4) is 0 Å². The smallest absolute Gasteiger partial charge is 0.321 e. The first-order valence-electron chi connectivity index (χ1n) is 6.54. The molecule has 0 saturated carbocycles. The highest BCUT2D eigenvalue weighted by Crippen LogP contribution is 2.34. The van der Waals surface area contributed by atoms with Crippen LogP contribution < -0.4 is 11.0 Å². The number of imidazole rings is 1. The Morgan fingerprint density at radius 3 is 2.43 bits per heavy atom. The zero-order valence-corrected chi connectivity index (χ0v) is 11.5. The number of carbonyl (C=O) groups excluding carboxylic acids is 1. The van der Waals surface area contributed by atoms with Crippen molar-refractivity contribution in [2.24, 2.45) is 0 Å². The number of rotatable bonds is 2. The Labute approximate surface area is 127 Å². The van der Waals surface area contributed by atoms with E-state index in [1.54, 1.807) is 0 Å². The molecule has 0 aliphatic carbocycles. The van der Waals surface area contributed by atoms with Gasteiger partial charge >= 0.3 is 11.9 Å². The largest absolute Gasteiger partial charge is 0.418 e. The molecular formula is C15H10F3N3O2. The molecule has 3 aromatic rings. The monoisotopic (exact) mass is 321 g/mol. The van der Waals surface area contributed by atoms with E-state index in [0.29, 0.717) is 11.0 Å². The molecule has 3 N–H and O–H groups in total. The zero-order chi connectivity index (χ0) is 16.6. The van der Waals surface area contributed by atoms with Gasteiger partial charge in [-0.05, 0) is 30.3 Å². The van der Waals surface area contributed by atoms with Gasteiger partial charge in [-0.15, -0.1) is 0 Å². The van der Waals surface area contributed by atoms with Gasteiger partial charge < -0.3 is 15.3 Å². The molecule has 118 valence electrons. The topological polar surface area (TPSA) is 77.8 Å². The molecule has 3 rings (SSSR count). The second-order valence-electron chi connectivity index (χ2n) is 4.84. The number of nitrogens with one attached hydrogen (secondary N) is 3. The maximum atomic E-state index is 12.9. The van der Waals surface area contributed by atoms with Crippen molar-refractivity contribution in [3.8, 4) is 0 Å². The minimum absolute atomic E-state index is 0.129. The van der Waals surface area contributed by atoms with Crippen molar-refractivity contribution in [3.63, 3.8) is 0 Å². The molecule has 0 atom stereocenters. The number of fused-ring (bicyclic) bond motifs is 1. The van der Waals surface area contributed by atoms with Gasteiger partial charge in [0.05, 0.1) is 22.3 Å². The summed E-state index contributed by atoms with van der Waals surface area (Å²) < 4.78 is 38.8. The van der Waals surface area contributed by atoms with Crippen molar-refractivity contribution >= 4 is 22.6 Å². The molecule has 1 amide bonds. The Balaban J connectivity index is 1.93. The van der Waals surface area contributed by atoms with Crippen molar-refractivity contribution in [2.75, 3.05) is 5.32 Å². The number of hydrogen-bond acceptors (Lipinski definition) is 2. The highest BCUT2D eigenvalue weighted by molar-refractivity contribution is 6.06. The number of anilines is 1. The number of benzene rings is 2. The maximum absolute atomic E-state index is 12.9. The van der Waals surface area contributed by atoms with Crippen molar-refractivity contribution in [1.82, 2.24) is 9.97 Å². The summed E-state index contributed by atoms with van der Waals surface area (Å²) in [7, 11) is 0. The predicted octanol–water partition coefficient (Wildman–Crippen LogP) is 3.13. The van der Waals surface area contributed by atoms with Gasteiger partial charge in [-0.25, -0.2) is 4.79 Å². The van der Waals surface area contributed by atoms with Crippen LogP contribution >= 0.6 is 0 Å². The van der Waals surface area contributed by atoms with E-state index in [1.165, 1.54) is 36.4 Å². The van der Waals surface area contributed by atoms with Crippen LogP contribution in [0.1, 0.15) is 15.9 Å². The van der Waals surface area contributed by atoms with E-state index in [4.69, 9.17) is 0 Å². The second-order valence-corrected chi connectivity index (χ2v) is 4.84. The molecular weight excluding hydrogens is 311 g/mol. The fraction of sp³-hybridized carbons (Fsp3) is 0.0667. The molecule has 0 bridgehead atoms. The molecule has 0 unspecified atom stereocenters. The van der Waals surface area contributed by atoms with Gasteiger partial charge in [-0.3, -0.25) is 4.79 Å². The van der Waals surface area contributed by atoms with Crippen LogP contribution in [0.15, 0.2) is 47.3 Å². The highest BCUT2D eigenvalue weighted by Gasteiger charge is 2.33. The summed E-state index contributed by atoms with van der Waals surface area (Å²) >= 11 is 0. The average Bonchev–Trinajstić information content (AvgIpc) is 2.85. The van der Waals surface area contributed by atoms with E-state index < -0.39 is 23.3 Å². The van der Waals surface area contributed by atoms with Crippen molar-refractivity contribution in [1.29, 1.82) is 0 Å². The third kappa shape index (κ3) is 2.96. The Kier molecular flexibility index (Phi) is 3.44. The van der Waals surface area contributed by atoms with Gasteiger partial charge in [-0.1, -0.05) is 12.1 Å². The van der Waals surface area contributed by atoms with Gasteiger partial charge in [0.2, 0.25) is 0 Å². The van der Waals surface area contributed by atoms with Gasteiger partial charge in [0.15, 0.2) is 0 Å². The molecule has 0 aliphatic rings. The maximum Gasteiger partial charge on any atom is 0.418 e. The summed E-state index contributed by atoms with van der Waals surface area (Å²) in [5.74, 6) is -0.703. The highest BCUT2D eigenvalue weighted by atomic mass is 19.4. The third-order valence-corrected chi connectivity index (χ3v) is 3.26. The van der Waals surface area contributed by atoms with E-state index in [1.807, 2.05) is 0 Å². The molecule has 0 saturated heterocycles. The van der Waals surface area contributed by atoms with Crippen LogP contribution in [0, 0.1) is 0 Å². The van der Waals surface area contributed by atoms with Crippen LogP contribution in [0.4, 0.5) is 18.9 Å². The molecule has 5 nitrogen and oxygen atoms in total. The normalized spacial score (nSPS) is 11.6. The average molecular weight is 321 g/mol. The van der Waals surface area contributed by atoms with E-state index >= 15 is 0 Å². The van der Waals surface area contributed by atoms with Gasteiger partial charge in [0, 0.05) is 5.56 Å². The standard InChI is InChI=1S/C15H10F3N3O2/c16-15(17,18)9-3-1-2-4-10(9)19-13(22)8-5-6-11-12(7-8)21-14(23)20-11/h1-7H,(H,19,22)(H2,20,21,23). The number of alkyl halides is 3. The molecule has 0 spiro atoms. The van der Waals surface area contributed by atoms with Crippen LogP contribution in [-0.4, -0.2) is 15.9 Å². The summed E-state index contributed by atoms with van der Waals surface area (Å²) in [5, 5.41) is 2.24. The predicted molar refractivity (Wildman–Crippen MR) is 78.3 cm³/mol. The molecule has 2 aromatic carbocycles. The first kappa shape index (κ1) is 14.9. The van der Waals surface area contributed by atoms with Crippen LogP contribution in [-0.2, 0) is 6.18 Å². The zero-order valence-electron chi connectivity index (χ0n) is 11.5. The Hall–Kier alpha value is -3.03. The molecule has 0 fully saturated rings. The minimum Gasteiger partial charge on any atom is -0.321 e. The Morgan fingerprint density at radius 1 is 1.00 bits per heavy atom. The lowest BCUT2D eigenvalue weighted by molar-refractivity contribution is -0.136. The van der Waals surface area contributed by atoms with Crippen molar-refractivity contribution < 1.29 is 18.0 Å². The van der Waals surface area contributed by atoms with E-state index in [-0.39, 0.29) is 11.3 Å². The van der Waals surface area contributed by atoms with Crippen molar-refractivity contribution in [3.05, 3.63) is 64.1 Å². The van der Waals surface area contributed by atoms with Crippen LogP contribution in [0.25, 0.3) is 11.0 Å². The van der Waals surface area contributed by atoms with E-state index in [0.717, 1.165) is 6.07 Å². The first-order valence-corrected chi connectivity index (χ1v) is 6.54. The number of halogens is 3. The van der Waals surface area contributed by atoms with Gasteiger partial charge in [0.1, 0.15) is 0 Å². The lowest BCUT2D eigenvalue weighted by atomic mass is 10.1. The minimum atomic E-state index is -4.57. The molecule has 0 radical (unpaired) electrons. The van der Waals surface area contributed by atoms with Crippen LogP contribution in [0.2, 0.25) is 0 Å². The number of H-pyrrole nitrogens is 2. The molecule has 0 aliphatic heterocycles. The number of amides is 1. The van der Waals surface area contributed by atoms with E-state index in [9.17, 15) is 22.8 Å². The lowest BCUT2D eigenvalue weighted by Gasteiger charge is -2.13. The Morgan fingerprint density at radius 2 is 1.70 bits per heavy atom. The SMILES string of the molecule is O=C(Nc1ccccc1C(F)(F)F)c1ccc2[nH]c(=O)[nH]c2c1. The molecule has 1 heterocycles. The fourth-order valence-electron chi connectivity index (χ4n) is 2.21. The first-order chi connectivity index (χ1) is 10.8. The summed E-state index contributed by atoms with van der Waals surface area (Å²) in [4.78, 5) is 28.3. The quantitative estimate of drug-likeness (QED) is 0.678. The fourth-order valence-corrected chi connectivity index (χ4v) is 2.21. The lowest BCUT2D eigenvalue weighted by Crippen LogP contribution is -2.16. The summed E-state index contributed by atoms with van der Waals surface area (Å²) in [6.07, 6.45) is -4.57. The number of aromatic nitrogens is 2. The summed E-state index contributed by atoms with van der Waals surface area (Å²) in [5.41, 5.74) is -0.657. The summed E-state index contributed by atoms with van der Waals surface area (Å²) in [6, 6.07) is 9.01. The number of carbonyl (C=O) groups is 1. The third-order valence-electron chi connectivity index (χ3n) is 3.26. The number of para-hydroxylation sites is 1. The van der Waals surface area contributed by atoms with E-state index in [2.05, 4.69) is 15.3 Å². The molecule has 8 heteroatoms. The molecule has 1 aromatic heterocycles. The van der Waals surface area contributed by atoms with Gasteiger partial charge in [-0.2, -0.15) is 13.2 Å². The van der Waals surface area contributed by atoms with Crippen LogP contribution in [0.5, 0.6) is 0 Å². The number of aromatic amines is 2. The Bertz CT molecular complexity index is 941. The second kappa shape index (κ2) is 5.31. The summed E-state index contributed by atoms with van der Waals surface area (Å²) in [6.45, 7) is 0. The number of hydrogen-bond donors (Lipinski definition) is 3. The van der Waals surface area contributed by atoms with Crippen molar-refractivity contribution in [2.45, 2.75) is 6.18 Å².